The first-order valence-corrected chi connectivity index (χ1v) is 8.11. The molecule has 1 heterocycles. The monoisotopic (exact) mass is 291 g/mol. The Balaban J connectivity index is 1.73. The van der Waals surface area contributed by atoms with Crippen LogP contribution in [-0.2, 0) is 0 Å². The molecule has 3 rings (SSSR count). The zero-order chi connectivity index (χ0) is 14.7. The smallest absolute Gasteiger partial charge is 0.161 e. The summed E-state index contributed by atoms with van der Waals surface area (Å²) in [6.07, 6.45) is 5.08. The van der Waals surface area contributed by atoms with Gasteiger partial charge in [0, 0.05) is 12.1 Å². The molecule has 1 aliphatic carbocycles. The molecule has 1 fully saturated rings. The first-order chi connectivity index (χ1) is 10.3. The van der Waals surface area contributed by atoms with E-state index in [-0.39, 0.29) is 18.2 Å². The quantitative estimate of drug-likeness (QED) is 0.895. The number of nitrogens with one attached hydrogen (secondary N) is 1. The number of aliphatic hydroxyl groups is 1. The molecule has 2 aliphatic rings. The van der Waals surface area contributed by atoms with Crippen LogP contribution in [0.25, 0.3) is 0 Å². The van der Waals surface area contributed by atoms with Crippen molar-refractivity contribution < 1.29 is 14.6 Å². The van der Waals surface area contributed by atoms with E-state index < -0.39 is 0 Å². The maximum atomic E-state index is 10.1. The summed E-state index contributed by atoms with van der Waals surface area (Å²) in [6.45, 7) is 3.40. The molecule has 4 heteroatoms. The van der Waals surface area contributed by atoms with Crippen molar-refractivity contribution in [1.82, 2.24) is 5.32 Å². The Morgan fingerprint density at radius 2 is 1.95 bits per heavy atom. The SMILES string of the molecule is CCC(N[C@@H]1CCCC[C@H]1O)c1ccc2c(c1)OCCO2. The van der Waals surface area contributed by atoms with Crippen molar-refractivity contribution in [3.05, 3.63) is 23.8 Å². The molecule has 2 N–H and O–H groups in total. The topological polar surface area (TPSA) is 50.7 Å². The molecule has 0 radical (unpaired) electrons. The molecule has 1 aromatic rings. The predicted molar refractivity (Wildman–Crippen MR) is 81.9 cm³/mol. The molecule has 21 heavy (non-hydrogen) atoms. The molecule has 0 bridgehead atoms. The van der Waals surface area contributed by atoms with Gasteiger partial charge in [0.25, 0.3) is 0 Å². The van der Waals surface area contributed by atoms with E-state index in [2.05, 4.69) is 24.4 Å². The summed E-state index contributed by atoms with van der Waals surface area (Å²) in [5, 5.41) is 13.8. The van der Waals surface area contributed by atoms with Crippen LogP contribution in [0, 0.1) is 0 Å². The van der Waals surface area contributed by atoms with Gasteiger partial charge < -0.3 is 19.9 Å². The van der Waals surface area contributed by atoms with Gasteiger partial charge in [0.2, 0.25) is 0 Å². The molecule has 0 aromatic heterocycles. The highest BCUT2D eigenvalue weighted by Crippen LogP contribution is 2.34. The minimum atomic E-state index is -0.218. The maximum Gasteiger partial charge on any atom is 0.161 e. The van der Waals surface area contributed by atoms with Crippen LogP contribution in [-0.4, -0.2) is 30.5 Å². The van der Waals surface area contributed by atoms with Crippen LogP contribution in [0.2, 0.25) is 0 Å². The molecule has 0 amide bonds. The van der Waals surface area contributed by atoms with Crippen molar-refractivity contribution in [2.75, 3.05) is 13.2 Å². The van der Waals surface area contributed by atoms with Gasteiger partial charge in [-0.2, -0.15) is 0 Å². The normalized spacial score (nSPS) is 26.4. The third-order valence-electron chi connectivity index (χ3n) is 4.52. The number of hydrogen-bond acceptors (Lipinski definition) is 4. The molecule has 1 aromatic carbocycles. The second-order valence-electron chi connectivity index (χ2n) is 5.99. The molecule has 116 valence electrons. The van der Waals surface area contributed by atoms with E-state index in [4.69, 9.17) is 9.47 Å². The zero-order valence-electron chi connectivity index (χ0n) is 12.7. The summed E-state index contributed by atoms with van der Waals surface area (Å²) in [6, 6.07) is 6.62. The minimum absolute atomic E-state index is 0.205. The second-order valence-corrected chi connectivity index (χ2v) is 5.99. The van der Waals surface area contributed by atoms with Crippen molar-refractivity contribution in [3.63, 3.8) is 0 Å². The van der Waals surface area contributed by atoms with Crippen molar-refractivity contribution in [3.8, 4) is 11.5 Å². The van der Waals surface area contributed by atoms with E-state index in [1.54, 1.807) is 0 Å². The highest BCUT2D eigenvalue weighted by molar-refractivity contribution is 5.44. The highest BCUT2D eigenvalue weighted by atomic mass is 16.6. The molecule has 0 saturated heterocycles. The van der Waals surface area contributed by atoms with Crippen LogP contribution in [0.5, 0.6) is 11.5 Å². The first-order valence-electron chi connectivity index (χ1n) is 8.11. The van der Waals surface area contributed by atoms with Crippen LogP contribution in [0.3, 0.4) is 0 Å². The Hall–Kier alpha value is -1.26. The molecular formula is C17H25NO3. The van der Waals surface area contributed by atoms with Gasteiger partial charge in [-0.15, -0.1) is 0 Å². The lowest BCUT2D eigenvalue weighted by molar-refractivity contribution is 0.0844. The first kappa shape index (κ1) is 14.7. The number of fused-ring (bicyclic) bond motifs is 1. The molecule has 1 unspecified atom stereocenters. The third-order valence-corrected chi connectivity index (χ3v) is 4.52. The van der Waals surface area contributed by atoms with Crippen molar-refractivity contribution in [2.24, 2.45) is 0 Å². The summed E-state index contributed by atoms with van der Waals surface area (Å²) in [4.78, 5) is 0. The Morgan fingerprint density at radius 3 is 2.71 bits per heavy atom. The van der Waals surface area contributed by atoms with E-state index in [0.29, 0.717) is 13.2 Å². The lowest BCUT2D eigenvalue weighted by Gasteiger charge is -2.32. The van der Waals surface area contributed by atoms with Crippen LogP contribution in [0.1, 0.15) is 50.6 Å². The summed E-state index contributed by atoms with van der Waals surface area (Å²) in [5.74, 6) is 1.67. The fourth-order valence-corrected chi connectivity index (χ4v) is 3.29. The van der Waals surface area contributed by atoms with E-state index >= 15 is 0 Å². The fourth-order valence-electron chi connectivity index (χ4n) is 3.29. The highest BCUT2D eigenvalue weighted by Gasteiger charge is 2.26. The standard InChI is InChI=1S/C17H25NO3/c1-2-13(18-14-5-3-4-6-15(14)19)12-7-8-16-17(11-12)21-10-9-20-16/h7-8,11,13-15,18-19H,2-6,9-10H2,1H3/t13?,14-,15-/m1/s1. The number of hydrogen-bond donors (Lipinski definition) is 2. The Morgan fingerprint density at radius 1 is 1.19 bits per heavy atom. The second kappa shape index (κ2) is 6.67. The zero-order valence-corrected chi connectivity index (χ0v) is 12.7. The number of ether oxygens (including phenoxy) is 2. The average molecular weight is 291 g/mol. The molecular weight excluding hydrogens is 266 g/mol. The van der Waals surface area contributed by atoms with Gasteiger partial charge in [0.15, 0.2) is 11.5 Å². The van der Waals surface area contributed by atoms with Crippen molar-refractivity contribution in [2.45, 2.75) is 57.2 Å². The van der Waals surface area contributed by atoms with Crippen molar-refractivity contribution >= 4 is 0 Å². The number of aliphatic hydroxyl groups excluding tert-OH is 1. The van der Waals surface area contributed by atoms with Gasteiger partial charge in [-0.1, -0.05) is 25.8 Å². The van der Waals surface area contributed by atoms with E-state index in [1.807, 2.05) is 6.07 Å². The Kier molecular flexibility index (Phi) is 4.66. The third kappa shape index (κ3) is 3.33. The number of benzene rings is 1. The van der Waals surface area contributed by atoms with E-state index in [1.165, 1.54) is 12.0 Å². The largest absolute Gasteiger partial charge is 0.486 e. The van der Waals surface area contributed by atoms with Crippen LogP contribution < -0.4 is 14.8 Å². The lowest BCUT2D eigenvalue weighted by Crippen LogP contribution is -2.43. The van der Waals surface area contributed by atoms with Gasteiger partial charge in [-0.25, -0.2) is 0 Å². The van der Waals surface area contributed by atoms with Gasteiger partial charge in [-0.05, 0) is 37.0 Å². The minimum Gasteiger partial charge on any atom is -0.486 e. The van der Waals surface area contributed by atoms with Crippen LogP contribution in [0.15, 0.2) is 18.2 Å². The molecule has 1 aliphatic heterocycles. The van der Waals surface area contributed by atoms with Gasteiger partial charge >= 0.3 is 0 Å². The van der Waals surface area contributed by atoms with E-state index in [9.17, 15) is 5.11 Å². The lowest BCUT2D eigenvalue weighted by atomic mass is 9.91. The van der Waals surface area contributed by atoms with Crippen molar-refractivity contribution in [1.29, 1.82) is 0 Å². The number of rotatable bonds is 4. The summed E-state index contributed by atoms with van der Waals surface area (Å²) in [5.41, 5.74) is 1.21. The van der Waals surface area contributed by atoms with Crippen LogP contribution in [0.4, 0.5) is 0 Å². The molecule has 4 nitrogen and oxygen atoms in total. The maximum absolute atomic E-state index is 10.1. The molecule has 3 atom stereocenters. The average Bonchev–Trinajstić information content (AvgIpc) is 2.54. The fraction of sp³-hybridized carbons (Fsp3) is 0.647. The summed E-state index contributed by atoms with van der Waals surface area (Å²) >= 11 is 0. The van der Waals surface area contributed by atoms with Crippen LogP contribution >= 0.6 is 0 Å². The Bertz CT molecular complexity index is 477. The summed E-state index contributed by atoms with van der Waals surface area (Å²) in [7, 11) is 0. The summed E-state index contributed by atoms with van der Waals surface area (Å²) < 4.78 is 11.2. The molecule has 0 spiro atoms. The predicted octanol–water partition coefficient (Wildman–Crippen LogP) is 2.80. The Labute approximate surface area is 126 Å². The van der Waals surface area contributed by atoms with Gasteiger partial charge in [0.05, 0.1) is 6.10 Å². The van der Waals surface area contributed by atoms with E-state index in [0.717, 1.165) is 37.2 Å². The molecule has 1 saturated carbocycles. The van der Waals surface area contributed by atoms with Gasteiger partial charge in [-0.3, -0.25) is 0 Å². The van der Waals surface area contributed by atoms with Gasteiger partial charge in [0.1, 0.15) is 13.2 Å².